The first-order valence-corrected chi connectivity index (χ1v) is 12.3. The number of fused-ring (bicyclic) bond motifs is 1. The Morgan fingerprint density at radius 3 is 2.66 bits per heavy atom. The molecule has 0 saturated carbocycles. The van der Waals surface area contributed by atoms with Crippen molar-refractivity contribution in [2.75, 3.05) is 31.5 Å². The molecule has 5 nitrogen and oxygen atoms in total. The molecule has 2 aromatic carbocycles. The van der Waals surface area contributed by atoms with Gasteiger partial charge in [0, 0.05) is 42.9 Å². The van der Waals surface area contributed by atoms with Crippen molar-refractivity contribution >= 4 is 38.9 Å². The quantitative estimate of drug-likeness (QED) is 0.593. The minimum Gasteiger partial charge on any atom is -0.342 e. The highest BCUT2D eigenvalue weighted by atomic mass is 32.1. The van der Waals surface area contributed by atoms with E-state index >= 15 is 0 Å². The van der Waals surface area contributed by atoms with Crippen LogP contribution < -0.4 is 5.32 Å². The van der Waals surface area contributed by atoms with E-state index in [2.05, 4.69) is 34.5 Å². The highest BCUT2D eigenvalue weighted by Gasteiger charge is 2.31. The summed E-state index contributed by atoms with van der Waals surface area (Å²) in [4.78, 5) is 30.5. The lowest BCUT2D eigenvalue weighted by Crippen LogP contribution is -2.25. The summed E-state index contributed by atoms with van der Waals surface area (Å²) in [6.07, 6.45) is 3.44. The lowest BCUT2D eigenvalue weighted by molar-refractivity contribution is -0.127. The van der Waals surface area contributed by atoms with Crippen LogP contribution in [0.1, 0.15) is 52.9 Å². The number of rotatable bonds is 5. The van der Waals surface area contributed by atoms with Gasteiger partial charge in [0.05, 0.1) is 4.88 Å². The monoisotopic (exact) mass is 447 g/mol. The molecule has 1 atom stereocenters. The van der Waals surface area contributed by atoms with Gasteiger partial charge in [0.15, 0.2) is 0 Å². The zero-order valence-corrected chi connectivity index (χ0v) is 19.3. The van der Waals surface area contributed by atoms with Crippen LogP contribution in [0, 0.1) is 0 Å². The van der Waals surface area contributed by atoms with Gasteiger partial charge in [0.2, 0.25) is 5.91 Å². The fraction of sp³-hybridized carbons (Fsp3) is 0.385. The molecule has 2 aliphatic rings. The molecule has 0 radical (unpaired) electrons. The summed E-state index contributed by atoms with van der Waals surface area (Å²) in [6.45, 7) is 6.30. The maximum Gasteiger partial charge on any atom is 0.266 e. The summed E-state index contributed by atoms with van der Waals surface area (Å²) < 4.78 is 1.12. The fourth-order valence-corrected chi connectivity index (χ4v) is 6.24. The van der Waals surface area contributed by atoms with Crippen LogP contribution in [0.25, 0.3) is 10.1 Å². The van der Waals surface area contributed by atoms with E-state index in [0.717, 1.165) is 58.8 Å². The third-order valence-electron chi connectivity index (χ3n) is 6.67. The fourth-order valence-electron chi connectivity index (χ4n) is 5.06. The average molecular weight is 448 g/mol. The zero-order valence-electron chi connectivity index (χ0n) is 18.5. The van der Waals surface area contributed by atoms with E-state index in [9.17, 15) is 9.59 Å². The molecule has 0 unspecified atom stereocenters. The number of thiophene rings is 1. The molecule has 5 rings (SSSR count). The van der Waals surface area contributed by atoms with Crippen LogP contribution in [0.15, 0.2) is 48.5 Å². The van der Waals surface area contributed by atoms with Crippen molar-refractivity contribution in [3.8, 4) is 0 Å². The van der Waals surface area contributed by atoms with E-state index in [1.54, 1.807) is 18.3 Å². The van der Waals surface area contributed by atoms with E-state index in [1.807, 2.05) is 29.2 Å². The zero-order chi connectivity index (χ0) is 22.1. The Balaban J connectivity index is 1.41. The van der Waals surface area contributed by atoms with Crippen molar-refractivity contribution in [3.63, 3.8) is 0 Å². The second kappa shape index (κ2) is 9.04. The standard InChI is InChI=1S/C26H29N3O2S/c1-18(30)29-14-11-20(17-29)24-22-9-2-3-10-23(22)32-25(24)26(31)27-21-8-6-7-19(15-21)16-28-12-4-5-13-28/h2-3,6-10,15,20H,4-5,11-14,16-17H2,1H3,(H,27,31)/t20-/m0/s1. The first-order valence-electron chi connectivity index (χ1n) is 11.5. The smallest absolute Gasteiger partial charge is 0.266 e. The second-order valence-electron chi connectivity index (χ2n) is 8.93. The van der Waals surface area contributed by atoms with E-state index in [1.165, 1.54) is 18.4 Å². The molecule has 1 aromatic heterocycles. The van der Waals surface area contributed by atoms with Gasteiger partial charge in [0.25, 0.3) is 5.91 Å². The van der Waals surface area contributed by atoms with Gasteiger partial charge in [-0.1, -0.05) is 30.3 Å². The van der Waals surface area contributed by atoms with Gasteiger partial charge in [-0.2, -0.15) is 0 Å². The topological polar surface area (TPSA) is 52.7 Å². The number of likely N-dealkylation sites (tertiary alicyclic amines) is 2. The van der Waals surface area contributed by atoms with Gasteiger partial charge in [0.1, 0.15) is 0 Å². The van der Waals surface area contributed by atoms with E-state index < -0.39 is 0 Å². The lowest BCUT2D eigenvalue weighted by Gasteiger charge is -2.16. The molecule has 0 spiro atoms. The predicted molar refractivity (Wildman–Crippen MR) is 130 cm³/mol. The summed E-state index contributed by atoms with van der Waals surface area (Å²) in [5.41, 5.74) is 3.17. The van der Waals surface area contributed by atoms with Crippen molar-refractivity contribution in [2.24, 2.45) is 0 Å². The summed E-state index contributed by atoms with van der Waals surface area (Å²) >= 11 is 1.55. The number of nitrogens with one attached hydrogen (secondary N) is 1. The van der Waals surface area contributed by atoms with Gasteiger partial charge < -0.3 is 10.2 Å². The number of anilines is 1. The Morgan fingerprint density at radius 2 is 1.88 bits per heavy atom. The number of amides is 2. The van der Waals surface area contributed by atoms with E-state index in [-0.39, 0.29) is 17.7 Å². The number of benzene rings is 2. The molecule has 2 amide bonds. The first kappa shape index (κ1) is 21.2. The Labute approximate surface area is 193 Å². The van der Waals surface area contributed by atoms with Gasteiger partial charge in [-0.3, -0.25) is 14.5 Å². The molecule has 2 aliphatic heterocycles. The molecular formula is C26H29N3O2S. The Hall–Kier alpha value is -2.70. The summed E-state index contributed by atoms with van der Waals surface area (Å²) in [5, 5.41) is 4.29. The third-order valence-corrected chi connectivity index (χ3v) is 7.86. The number of hydrogen-bond donors (Lipinski definition) is 1. The van der Waals surface area contributed by atoms with Crippen molar-refractivity contribution in [1.82, 2.24) is 9.80 Å². The largest absolute Gasteiger partial charge is 0.342 e. The highest BCUT2D eigenvalue weighted by Crippen LogP contribution is 2.40. The van der Waals surface area contributed by atoms with Crippen LogP contribution in [-0.4, -0.2) is 47.8 Å². The highest BCUT2D eigenvalue weighted by molar-refractivity contribution is 7.21. The van der Waals surface area contributed by atoms with Crippen LogP contribution in [0.3, 0.4) is 0 Å². The van der Waals surface area contributed by atoms with Crippen molar-refractivity contribution < 1.29 is 9.59 Å². The first-order chi connectivity index (χ1) is 15.6. The molecule has 166 valence electrons. The SMILES string of the molecule is CC(=O)N1CC[C@H](c2c(C(=O)Nc3cccc(CN4CCCC4)c3)sc3ccccc23)C1. The molecule has 3 heterocycles. The second-order valence-corrected chi connectivity index (χ2v) is 9.98. The summed E-state index contributed by atoms with van der Waals surface area (Å²) in [5.74, 6) is 0.242. The maximum atomic E-state index is 13.4. The molecule has 0 aliphatic carbocycles. The normalized spacial score (nSPS) is 19.0. The van der Waals surface area contributed by atoms with Crippen molar-refractivity contribution in [3.05, 3.63) is 64.5 Å². The number of nitrogens with zero attached hydrogens (tertiary/aromatic N) is 2. The Bertz CT molecular complexity index is 1150. The third kappa shape index (κ3) is 4.30. The molecule has 2 fully saturated rings. The van der Waals surface area contributed by atoms with Gasteiger partial charge in [-0.05, 0) is 67.1 Å². The van der Waals surface area contributed by atoms with E-state index in [0.29, 0.717) is 6.54 Å². The minimum atomic E-state index is -0.0548. The van der Waals surface area contributed by atoms with Crippen LogP contribution in [-0.2, 0) is 11.3 Å². The number of carbonyl (C=O) groups excluding carboxylic acids is 2. The van der Waals surface area contributed by atoms with Crippen molar-refractivity contribution in [1.29, 1.82) is 0 Å². The van der Waals surface area contributed by atoms with Crippen molar-refractivity contribution in [2.45, 2.75) is 38.6 Å². The maximum absolute atomic E-state index is 13.4. The molecule has 6 heteroatoms. The van der Waals surface area contributed by atoms with Crippen LogP contribution in [0.2, 0.25) is 0 Å². The summed E-state index contributed by atoms with van der Waals surface area (Å²) in [7, 11) is 0. The van der Waals surface area contributed by atoms with Crippen LogP contribution in [0.4, 0.5) is 5.69 Å². The van der Waals surface area contributed by atoms with Crippen LogP contribution >= 0.6 is 11.3 Å². The number of carbonyl (C=O) groups is 2. The van der Waals surface area contributed by atoms with Gasteiger partial charge in [-0.25, -0.2) is 0 Å². The molecule has 2 saturated heterocycles. The van der Waals surface area contributed by atoms with Crippen LogP contribution in [0.5, 0.6) is 0 Å². The molecule has 32 heavy (non-hydrogen) atoms. The van der Waals surface area contributed by atoms with Gasteiger partial charge in [-0.15, -0.1) is 11.3 Å². The molecule has 3 aromatic rings. The average Bonchev–Trinajstić information content (AvgIpc) is 3.53. The number of hydrogen-bond acceptors (Lipinski definition) is 4. The summed E-state index contributed by atoms with van der Waals surface area (Å²) in [6, 6.07) is 16.4. The Morgan fingerprint density at radius 1 is 1.06 bits per heavy atom. The molecular weight excluding hydrogens is 418 g/mol. The predicted octanol–water partition coefficient (Wildman–Crippen LogP) is 5.09. The van der Waals surface area contributed by atoms with E-state index in [4.69, 9.17) is 0 Å². The minimum absolute atomic E-state index is 0.0548. The molecule has 1 N–H and O–H groups in total. The Kier molecular flexibility index (Phi) is 5.98. The lowest BCUT2D eigenvalue weighted by atomic mass is 9.95. The van der Waals surface area contributed by atoms with Gasteiger partial charge >= 0.3 is 0 Å². The molecule has 0 bridgehead atoms.